The minimum absolute atomic E-state index is 0.0227. The normalized spacial score (nSPS) is 14.5. The van der Waals surface area contributed by atoms with Crippen LogP contribution in [-0.2, 0) is 16.0 Å². The lowest BCUT2D eigenvalue weighted by Crippen LogP contribution is -2.36. The van der Waals surface area contributed by atoms with Crippen LogP contribution in [0.5, 0.6) is 0 Å². The van der Waals surface area contributed by atoms with Gasteiger partial charge in [0.25, 0.3) is 0 Å². The SMILES string of the molecule is O=C(CCc1cccnc1)Nc1ccccc1N1CCOCC1. The van der Waals surface area contributed by atoms with Gasteiger partial charge in [0.05, 0.1) is 24.6 Å². The van der Waals surface area contributed by atoms with Crippen LogP contribution in [0.4, 0.5) is 11.4 Å². The van der Waals surface area contributed by atoms with E-state index in [0.29, 0.717) is 12.8 Å². The molecule has 1 N–H and O–H groups in total. The molecule has 5 nitrogen and oxygen atoms in total. The van der Waals surface area contributed by atoms with Crippen LogP contribution in [0.1, 0.15) is 12.0 Å². The molecule has 1 aliphatic rings. The van der Waals surface area contributed by atoms with E-state index in [1.807, 2.05) is 36.4 Å². The first kappa shape index (κ1) is 15.5. The van der Waals surface area contributed by atoms with Gasteiger partial charge in [0, 0.05) is 31.9 Å². The number of morpholine rings is 1. The number of anilines is 2. The molecule has 1 aromatic carbocycles. The van der Waals surface area contributed by atoms with Gasteiger partial charge in [-0.2, -0.15) is 0 Å². The molecule has 1 aromatic heterocycles. The van der Waals surface area contributed by atoms with Gasteiger partial charge in [-0.25, -0.2) is 0 Å². The maximum atomic E-state index is 12.2. The molecule has 0 unspecified atom stereocenters. The van der Waals surface area contributed by atoms with Crippen LogP contribution in [0.3, 0.4) is 0 Å². The van der Waals surface area contributed by atoms with Crippen molar-refractivity contribution in [3.8, 4) is 0 Å². The average Bonchev–Trinajstić information content (AvgIpc) is 2.62. The lowest BCUT2D eigenvalue weighted by molar-refractivity contribution is -0.116. The summed E-state index contributed by atoms with van der Waals surface area (Å²) >= 11 is 0. The number of benzene rings is 1. The molecule has 0 atom stereocenters. The number of ether oxygens (including phenoxy) is 1. The number of aromatic nitrogens is 1. The number of hydrogen-bond donors (Lipinski definition) is 1. The first-order valence-electron chi connectivity index (χ1n) is 7.93. The molecule has 1 amide bonds. The van der Waals surface area contributed by atoms with Crippen molar-refractivity contribution >= 4 is 17.3 Å². The maximum Gasteiger partial charge on any atom is 0.224 e. The van der Waals surface area contributed by atoms with Crippen LogP contribution < -0.4 is 10.2 Å². The minimum atomic E-state index is 0.0227. The Morgan fingerprint density at radius 3 is 2.78 bits per heavy atom. The fraction of sp³-hybridized carbons (Fsp3) is 0.333. The highest BCUT2D eigenvalue weighted by Crippen LogP contribution is 2.26. The standard InChI is InChI=1S/C18H21N3O2/c22-18(8-7-15-4-3-9-19-14-15)20-16-5-1-2-6-17(16)21-10-12-23-13-11-21/h1-6,9,14H,7-8,10-13H2,(H,20,22). The third-order valence-corrected chi connectivity index (χ3v) is 3.89. The van der Waals surface area contributed by atoms with Crippen LogP contribution in [0.2, 0.25) is 0 Å². The fourth-order valence-electron chi connectivity index (χ4n) is 2.68. The van der Waals surface area contributed by atoms with Crippen LogP contribution in [0.15, 0.2) is 48.8 Å². The number of amides is 1. The third-order valence-electron chi connectivity index (χ3n) is 3.89. The summed E-state index contributed by atoms with van der Waals surface area (Å²) in [6.45, 7) is 3.15. The minimum Gasteiger partial charge on any atom is -0.378 e. The number of carbonyl (C=O) groups is 1. The number of carbonyl (C=O) groups excluding carboxylic acids is 1. The largest absolute Gasteiger partial charge is 0.378 e. The van der Waals surface area contributed by atoms with Gasteiger partial charge < -0.3 is 15.0 Å². The highest BCUT2D eigenvalue weighted by atomic mass is 16.5. The molecule has 1 fully saturated rings. The van der Waals surface area contributed by atoms with Crippen molar-refractivity contribution in [2.45, 2.75) is 12.8 Å². The lowest BCUT2D eigenvalue weighted by atomic mass is 10.1. The molecule has 2 aromatic rings. The zero-order valence-electron chi connectivity index (χ0n) is 13.1. The van der Waals surface area contributed by atoms with Crippen LogP contribution in [0, 0.1) is 0 Å². The van der Waals surface area contributed by atoms with Crippen LogP contribution in [0.25, 0.3) is 0 Å². The summed E-state index contributed by atoms with van der Waals surface area (Å²) in [5.74, 6) is 0.0227. The van der Waals surface area contributed by atoms with Gasteiger partial charge >= 0.3 is 0 Å². The lowest BCUT2D eigenvalue weighted by Gasteiger charge is -2.30. The molecule has 0 radical (unpaired) electrons. The number of pyridine rings is 1. The summed E-state index contributed by atoms with van der Waals surface area (Å²) in [6, 6.07) is 11.8. The van der Waals surface area contributed by atoms with Crippen molar-refractivity contribution in [1.29, 1.82) is 0 Å². The Labute approximate surface area is 136 Å². The van der Waals surface area contributed by atoms with Crippen molar-refractivity contribution in [2.75, 3.05) is 36.5 Å². The molecule has 120 valence electrons. The van der Waals surface area contributed by atoms with Crippen LogP contribution in [-0.4, -0.2) is 37.2 Å². The van der Waals surface area contributed by atoms with Gasteiger partial charge in [0.1, 0.15) is 0 Å². The Hall–Kier alpha value is -2.40. The van der Waals surface area contributed by atoms with Gasteiger partial charge in [-0.15, -0.1) is 0 Å². The number of hydrogen-bond acceptors (Lipinski definition) is 4. The van der Waals surface area contributed by atoms with E-state index in [1.54, 1.807) is 12.4 Å². The van der Waals surface area contributed by atoms with Crippen molar-refractivity contribution < 1.29 is 9.53 Å². The topological polar surface area (TPSA) is 54.5 Å². The summed E-state index contributed by atoms with van der Waals surface area (Å²) in [7, 11) is 0. The zero-order valence-corrected chi connectivity index (χ0v) is 13.1. The highest BCUT2D eigenvalue weighted by molar-refractivity contribution is 5.94. The molecule has 23 heavy (non-hydrogen) atoms. The second-order valence-electron chi connectivity index (χ2n) is 5.53. The zero-order chi connectivity index (χ0) is 15.9. The number of nitrogens with zero attached hydrogens (tertiary/aromatic N) is 2. The first-order valence-corrected chi connectivity index (χ1v) is 7.93. The smallest absolute Gasteiger partial charge is 0.224 e. The van der Waals surface area contributed by atoms with Gasteiger partial charge in [-0.1, -0.05) is 18.2 Å². The van der Waals surface area contributed by atoms with E-state index in [-0.39, 0.29) is 5.91 Å². The van der Waals surface area contributed by atoms with E-state index < -0.39 is 0 Å². The van der Waals surface area contributed by atoms with E-state index in [1.165, 1.54) is 0 Å². The summed E-state index contributed by atoms with van der Waals surface area (Å²) in [5, 5.41) is 3.04. The Morgan fingerprint density at radius 1 is 1.17 bits per heavy atom. The number of rotatable bonds is 5. The molecule has 1 aliphatic heterocycles. The van der Waals surface area contributed by atoms with E-state index in [2.05, 4.69) is 15.2 Å². The number of para-hydroxylation sites is 2. The fourth-order valence-corrected chi connectivity index (χ4v) is 2.68. The second-order valence-corrected chi connectivity index (χ2v) is 5.53. The van der Waals surface area contributed by atoms with Crippen LogP contribution >= 0.6 is 0 Å². The average molecular weight is 311 g/mol. The second kappa shape index (κ2) is 7.74. The molecule has 5 heteroatoms. The van der Waals surface area contributed by atoms with Gasteiger partial charge in [0.2, 0.25) is 5.91 Å². The van der Waals surface area contributed by atoms with E-state index in [9.17, 15) is 4.79 Å². The Balaban J connectivity index is 1.62. The number of nitrogens with one attached hydrogen (secondary N) is 1. The van der Waals surface area contributed by atoms with Crippen molar-refractivity contribution in [3.05, 3.63) is 54.4 Å². The predicted octanol–water partition coefficient (Wildman–Crippen LogP) is 2.49. The van der Waals surface area contributed by atoms with Gasteiger partial charge in [0.15, 0.2) is 0 Å². The summed E-state index contributed by atoms with van der Waals surface area (Å²) in [5.41, 5.74) is 3.00. The van der Waals surface area contributed by atoms with E-state index in [4.69, 9.17) is 4.74 Å². The monoisotopic (exact) mass is 311 g/mol. The van der Waals surface area contributed by atoms with Gasteiger partial charge in [-0.3, -0.25) is 9.78 Å². The molecule has 3 rings (SSSR count). The first-order chi connectivity index (χ1) is 11.3. The molecular weight excluding hydrogens is 290 g/mol. The molecule has 0 bridgehead atoms. The third kappa shape index (κ3) is 4.29. The molecule has 1 saturated heterocycles. The number of aryl methyl sites for hydroxylation is 1. The Bertz CT molecular complexity index is 640. The van der Waals surface area contributed by atoms with Crippen molar-refractivity contribution in [2.24, 2.45) is 0 Å². The molecule has 0 spiro atoms. The quantitative estimate of drug-likeness (QED) is 0.922. The van der Waals surface area contributed by atoms with E-state index >= 15 is 0 Å². The molecular formula is C18H21N3O2. The van der Waals surface area contributed by atoms with E-state index in [0.717, 1.165) is 43.2 Å². The van der Waals surface area contributed by atoms with Gasteiger partial charge in [-0.05, 0) is 30.2 Å². The molecule has 0 aliphatic carbocycles. The highest BCUT2D eigenvalue weighted by Gasteiger charge is 2.15. The summed E-state index contributed by atoms with van der Waals surface area (Å²) in [4.78, 5) is 18.6. The van der Waals surface area contributed by atoms with Crippen molar-refractivity contribution in [3.63, 3.8) is 0 Å². The molecule has 2 heterocycles. The maximum absolute atomic E-state index is 12.2. The Kier molecular flexibility index (Phi) is 5.21. The summed E-state index contributed by atoms with van der Waals surface area (Å²) < 4.78 is 5.39. The Morgan fingerprint density at radius 2 is 2.00 bits per heavy atom. The predicted molar refractivity (Wildman–Crippen MR) is 90.7 cm³/mol. The molecule has 0 saturated carbocycles. The summed E-state index contributed by atoms with van der Waals surface area (Å²) in [6.07, 6.45) is 4.68. The van der Waals surface area contributed by atoms with Crippen molar-refractivity contribution in [1.82, 2.24) is 4.98 Å².